The molecule has 1 aromatic heterocycles. The van der Waals surface area contributed by atoms with Crippen LogP contribution < -0.4 is 10.6 Å². The van der Waals surface area contributed by atoms with Gasteiger partial charge in [-0.15, -0.1) is 0 Å². The summed E-state index contributed by atoms with van der Waals surface area (Å²) in [7, 11) is 0. The SMILES string of the molecule is CC(C)N(C(=O)n1cnn(-c2cccc3c2CCCC3)c1=O)c1ccc(F)cc1F. The first-order valence-electron chi connectivity index (χ1n) is 9.95. The second kappa shape index (κ2) is 7.85. The van der Waals surface area contributed by atoms with Crippen molar-refractivity contribution in [1.29, 1.82) is 0 Å². The minimum Gasteiger partial charge on any atom is -0.288 e. The van der Waals surface area contributed by atoms with E-state index >= 15 is 0 Å². The molecule has 1 aliphatic rings. The highest BCUT2D eigenvalue weighted by Crippen LogP contribution is 2.26. The molecule has 0 bridgehead atoms. The summed E-state index contributed by atoms with van der Waals surface area (Å²) in [5.74, 6) is -1.62. The van der Waals surface area contributed by atoms with Crippen LogP contribution in [0.15, 0.2) is 47.5 Å². The van der Waals surface area contributed by atoms with Gasteiger partial charge in [0.05, 0.1) is 11.4 Å². The molecule has 2 aromatic carbocycles. The van der Waals surface area contributed by atoms with Gasteiger partial charge in [-0.1, -0.05) is 12.1 Å². The number of rotatable bonds is 3. The maximum absolute atomic E-state index is 14.4. The average Bonchev–Trinajstić information content (AvgIpc) is 3.10. The lowest BCUT2D eigenvalue weighted by Gasteiger charge is -2.26. The van der Waals surface area contributed by atoms with Crippen LogP contribution in [0.25, 0.3) is 5.69 Å². The lowest BCUT2D eigenvalue weighted by Crippen LogP contribution is -2.44. The number of aryl methyl sites for hydroxylation is 1. The van der Waals surface area contributed by atoms with E-state index < -0.39 is 29.4 Å². The number of carbonyl (C=O) groups excluding carboxylic acids is 1. The predicted octanol–water partition coefficient (Wildman–Crippen LogP) is 4.07. The molecule has 0 atom stereocenters. The number of amides is 1. The summed E-state index contributed by atoms with van der Waals surface area (Å²) in [6, 6.07) is 7.47. The molecule has 0 unspecified atom stereocenters. The van der Waals surface area contributed by atoms with E-state index in [1.807, 2.05) is 18.2 Å². The molecule has 0 fully saturated rings. The van der Waals surface area contributed by atoms with Crippen molar-refractivity contribution in [2.24, 2.45) is 0 Å². The monoisotopic (exact) mass is 412 g/mol. The Labute approximate surface area is 172 Å². The van der Waals surface area contributed by atoms with Gasteiger partial charge in [-0.3, -0.25) is 4.90 Å². The van der Waals surface area contributed by atoms with E-state index in [2.05, 4.69) is 5.10 Å². The number of anilines is 1. The van der Waals surface area contributed by atoms with Crippen LogP contribution in [0, 0.1) is 11.6 Å². The molecule has 0 saturated heterocycles. The maximum atomic E-state index is 14.4. The molecular formula is C22H22F2N4O2. The van der Waals surface area contributed by atoms with Gasteiger partial charge in [-0.2, -0.15) is 14.3 Å². The number of halogens is 2. The lowest BCUT2D eigenvalue weighted by molar-refractivity contribution is 0.245. The van der Waals surface area contributed by atoms with Crippen molar-refractivity contribution in [2.75, 3.05) is 4.90 Å². The standard InChI is InChI=1S/C22H22F2N4O2/c1-14(2)27(20-11-10-16(23)12-18(20)24)21(29)26-13-25-28(22(26)30)19-9-5-7-15-6-3-4-8-17(15)19/h5,7,9-14H,3-4,6,8H2,1-2H3. The molecule has 4 rings (SSSR count). The number of benzene rings is 2. The van der Waals surface area contributed by atoms with E-state index in [-0.39, 0.29) is 5.69 Å². The minimum atomic E-state index is -0.880. The van der Waals surface area contributed by atoms with Gasteiger partial charge < -0.3 is 0 Å². The molecule has 0 aliphatic heterocycles. The predicted molar refractivity (Wildman–Crippen MR) is 109 cm³/mol. The number of hydrogen-bond acceptors (Lipinski definition) is 3. The molecule has 0 radical (unpaired) electrons. The normalized spacial score (nSPS) is 13.4. The molecule has 30 heavy (non-hydrogen) atoms. The molecule has 0 N–H and O–H groups in total. The van der Waals surface area contributed by atoms with Crippen LogP contribution in [-0.2, 0) is 12.8 Å². The zero-order chi connectivity index (χ0) is 21.4. The zero-order valence-electron chi connectivity index (χ0n) is 16.8. The highest BCUT2D eigenvalue weighted by atomic mass is 19.1. The summed E-state index contributed by atoms with van der Waals surface area (Å²) < 4.78 is 29.7. The largest absolute Gasteiger partial charge is 0.358 e. The first kappa shape index (κ1) is 20.0. The van der Waals surface area contributed by atoms with Gasteiger partial charge in [-0.05, 0) is 68.9 Å². The van der Waals surface area contributed by atoms with Crippen molar-refractivity contribution >= 4 is 11.7 Å². The van der Waals surface area contributed by atoms with Gasteiger partial charge in [0, 0.05) is 12.1 Å². The Kier molecular flexibility index (Phi) is 5.24. The molecule has 0 saturated carbocycles. The van der Waals surface area contributed by atoms with Crippen molar-refractivity contribution in [1.82, 2.24) is 14.3 Å². The van der Waals surface area contributed by atoms with Crippen molar-refractivity contribution in [2.45, 2.75) is 45.6 Å². The van der Waals surface area contributed by atoms with Crippen LogP contribution in [-0.4, -0.2) is 26.4 Å². The van der Waals surface area contributed by atoms with Crippen LogP contribution in [0.2, 0.25) is 0 Å². The molecule has 3 aromatic rings. The Bertz CT molecular complexity index is 1170. The molecule has 6 nitrogen and oxygen atoms in total. The number of carbonyl (C=O) groups is 1. The van der Waals surface area contributed by atoms with E-state index in [0.29, 0.717) is 11.8 Å². The van der Waals surface area contributed by atoms with Gasteiger partial charge in [0.25, 0.3) is 0 Å². The third kappa shape index (κ3) is 3.42. The molecule has 1 aliphatic carbocycles. The summed E-state index contributed by atoms with van der Waals surface area (Å²) in [5.41, 5.74) is 2.17. The fraction of sp³-hybridized carbons (Fsp3) is 0.318. The van der Waals surface area contributed by atoms with Crippen LogP contribution in [0.5, 0.6) is 0 Å². The van der Waals surface area contributed by atoms with Gasteiger partial charge >= 0.3 is 11.7 Å². The first-order chi connectivity index (χ1) is 14.4. The van der Waals surface area contributed by atoms with Gasteiger partial charge in [0.15, 0.2) is 0 Å². The molecule has 1 amide bonds. The third-order valence-corrected chi connectivity index (χ3v) is 5.37. The second-order valence-electron chi connectivity index (χ2n) is 7.66. The second-order valence-corrected chi connectivity index (χ2v) is 7.66. The molecule has 0 spiro atoms. The summed E-state index contributed by atoms with van der Waals surface area (Å²) in [6.45, 7) is 3.37. The Balaban J connectivity index is 1.76. The average molecular weight is 412 g/mol. The zero-order valence-corrected chi connectivity index (χ0v) is 16.8. The Morgan fingerprint density at radius 1 is 1.13 bits per heavy atom. The Morgan fingerprint density at radius 3 is 2.63 bits per heavy atom. The number of hydrogen-bond donors (Lipinski definition) is 0. The summed E-state index contributed by atoms with van der Waals surface area (Å²) >= 11 is 0. The Hall–Kier alpha value is -3.29. The van der Waals surface area contributed by atoms with Gasteiger partial charge in [0.2, 0.25) is 0 Å². The highest BCUT2D eigenvalue weighted by molar-refractivity contribution is 5.94. The number of nitrogens with zero attached hydrogens (tertiary/aromatic N) is 4. The van der Waals surface area contributed by atoms with E-state index in [1.165, 1.54) is 16.3 Å². The van der Waals surface area contributed by atoms with E-state index in [0.717, 1.165) is 53.1 Å². The summed E-state index contributed by atoms with van der Waals surface area (Å²) in [6.07, 6.45) is 5.07. The minimum absolute atomic E-state index is 0.104. The van der Waals surface area contributed by atoms with Gasteiger partial charge in [0.1, 0.15) is 18.0 Å². The molecular weight excluding hydrogens is 390 g/mol. The lowest BCUT2D eigenvalue weighted by atomic mass is 9.90. The smallest absolute Gasteiger partial charge is 0.288 e. The Morgan fingerprint density at radius 2 is 1.90 bits per heavy atom. The van der Waals surface area contributed by atoms with Crippen molar-refractivity contribution < 1.29 is 13.6 Å². The summed E-state index contributed by atoms with van der Waals surface area (Å²) in [4.78, 5) is 27.3. The quantitative estimate of drug-likeness (QED) is 0.652. The fourth-order valence-corrected chi connectivity index (χ4v) is 3.95. The van der Waals surface area contributed by atoms with Crippen LogP contribution in [0.3, 0.4) is 0 Å². The van der Waals surface area contributed by atoms with E-state index in [4.69, 9.17) is 0 Å². The summed E-state index contributed by atoms with van der Waals surface area (Å²) in [5, 5.41) is 4.15. The van der Waals surface area contributed by atoms with Crippen LogP contribution in [0.1, 0.15) is 37.8 Å². The van der Waals surface area contributed by atoms with Crippen molar-refractivity contribution in [3.8, 4) is 5.69 Å². The van der Waals surface area contributed by atoms with Gasteiger partial charge in [-0.25, -0.2) is 18.4 Å². The van der Waals surface area contributed by atoms with Crippen molar-refractivity contribution in [3.63, 3.8) is 0 Å². The van der Waals surface area contributed by atoms with E-state index in [9.17, 15) is 18.4 Å². The topological polar surface area (TPSA) is 60.1 Å². The third-order valence-electron chi connectivity index (χ3n) is 5.37. The first-order valence-corrected chi connectivity index (χ1v) is 9.95. The number of fused-ring (bicyclic) bond motifs is 1. The highest BCUT2D eigenvalue weighted by Gasteiger charge is 2.27. The fourth-order valence-electron chi connectivity index (χ4n) is 3.95. The van der Waals surface area contributed by atoms with E-state index in [1.54, 1.807) is 13.8 Å². The molecule has 1 heterocycles. The maximum Gasteiger partial charge on any atom is 0.358 e. The number of aromatic nitrogens is 3. The molecule has 156 valence electrons. The van der Waals surface area contributed by atoms with Crippen LogP contribution in [0.4, 0.5) is 19.3 Å². The molecule has 8 heteroatoms. The van der Waals surface area contributed by atoms with Crippen molar-refractivity contribution in [3.05, 3.63) is 76.0 Å². The van der Waals surface area contributed by atoms with Crippen LogP contribution >= 0.6 is 0 Å².